The van der Waals surface area contributed by atoms with E-state index >= 15 is 0 Å². The summed E-state index contributed by atoms with van der Waals surface area (Å²) in [4.78, 5) is 36.1. The van der Waals surface area contributed by atoms with Gasteiger partial charge >= 0.3 is 6.09 Å². The lowest BCUT2D eigenvalue weighted by Crippen LogP contribution is -2.35. The van der Waals surface area contributed by atoms with Crippen LogP contribution in [0, 0.1) is 0 Å². The molecule has 0 aliphatic carbocycles. The molecule has 2 rings (SSSR count). The third-order valence-electron chi connectivity index (χ3n) is 4.12. The van der Waals surface area contributed by atoms with Crippen molar-refractivity contribution in [3.63, 3.8) is 0 Å². The van der Waals surface area contributed by atoms with Crippen LogP contribution in [0.2, 0.25) is 0 Å². The molecule has 0 heterocycles. The zero-order valence-electron chi connectivity index (χ0n) is 19.0. The van der Waals surface area contributed by atoms with Crippen LogP contribution in [-0.4, -0.2) is 36.7 Å². The molecule has 0 atom stereocenters. The molecule has 0 bridgehead atoms. The molecule has 8 heteroatoms. The highest BCUT2D eigenvalue weighted by molar-refractivity contribution is 6.04. The largest absolute Gasteiger partial charge is 0.494 e. The van der Waals surface area contributed by atoms with Gasteiger partial charge in [0, 0.05) is 30.8 Å². The number of hydrogen-bond acceptors (Lipinski definition) is 5. The molecule has 0 aliphatic rings. The second kappa shape index (κ2) is 11.7. The molecule has 3 N–H and O–H groups in total. The molecule has 172 valence electrons. The molecule has 32 heavy (non-hydrogen) atoms. The summed E-state index contributed by atoms with van der Waals surface area (Å²) >= 11 is 0. The molecule has 0 saturated heterocycles. The van der Waals surface area contributed by atoms with Crippen LogP contribution in [-0.2, 0) is 16.1 Å². The summed E-state index contributed by atoms with van der Waals surface area (Å²) in [5, 5.41) is 8.19. The average molecular weight is 442 g/mol. The number of amides is 3. The fraction of sp³-hybridized carbons (Fsp3) is 0.375. The predicted molar refractivity (Wildman–Crippen MR) is 123 cm³/mol. The summed E-state index contributed by atoms with van der Waals surface area (Å²) in [6.07, 6.45) is -0.422. The third kappa shape index (κ3) is 9.07. The van der Waals surface area contributed by atoms with Crippen molar-refractivity contribution in [3.05, 3.63) is 59.7 Å². The summed E-state index contributed by atoms with van der Waals surface area (Å²) in [7, 11) is 0. The topological polar surface area (TPSA) is 106 Å². The fourth-order valence-electron chi connectivity index (χ4n) is 2.71. The van der Waals surface area contributed by atoms with Crippen LogP contribution in [0.4, 0.5) is 10.5 Å². The van der Waals surface area contributed by atoms with Gasteiger partial charge in [0.05, 0.1) is 6.61 Å². The number of ether oxygens (including phenoxy) is 2. The van der Waals surface area contributed by atoms with E-state index in [9.17, 15) is 14.4 Å². The van der Waals surface area contributed by atoms with Gasteiger partial charge in [-0.25, -0.2) is 4.79 Å². The normalized spacial score (nSPS) is 10.8. The number of anilines is 1. The smallest absolute Gasteiger partial charge is 0.407 e. The summed E-state index contributed by atoms with van der Waals surface area (Å²) < 4.78 is 10.5. The lowest BCUT2D eigenvalue weighted by Gasteiger charge is -2.19. The Balaban J connectivity index is 1.79. The van der Waals surface area contributed by atoms with Gasteiger partial charge < -0.3 is 25.4 Å². The van der Waals surface area contributed by atoms with Crippen LogP contribution in [0.5, 0.6) is 5.75 Å². The standard InChI is InChI=1S/C24H31N3O5/c1-5-31-20-11-9-18(10-12-20)22(29)27-19-8-6-7-17(15-19)16-26-21(28)13-14-25-23(30)32-24(2,3)4/h6-12,15H,5,13-14,16H2,1-4H3,(H,25,30)(H,26,28)(H,27,29). The van der Waals surface area contributed by atoms with Crippen LogP contribution in [0.15, 0.2) is 48.5 Å². The minimum atomic E-state index is -0.584. The Hall–Kier alpha value is -3.55. The second-order valence-electron chi connectivity index (χ2n) is 8.07. The highest BCUT2D eigenvalue weighted by atomic mass is 16.6. The molecular formula is C24H31N3O5. The van der Waals surface area contributed by atoms with E-state index in [2.05, 4.69) is 16.0 Å². The van der Waals surface area contributed by atoms with Crippen molar-refractivity contribution < 1.29 is 23.9 Å². The molecule has 3 amide bonds. The van der Waals surface area contributed by atoms with E-state index in [-0.39, 0.29) is 24.8 Å². The van der Waals surface area contributed by atoms with E-state index in [0.29, 0.717) is 30.2 Å². The molecular weight excluding hydrogens is 410 g/mol. The van der Waals surface area contributed by atoms with Gasteiger partial charge in [-0.1, -0.05) is 12.1 Å². The Kier molecular flexibility index (Phi) is 9.07. The summed E-state index contributed by atoms with van der Waals surface area (Å²) in [6, 6.07) is 14.1. The van der Waals surface area contributed by atoms with Crippen LogP contribution < -0.4 is 20.7 Å². The Morgan fingerprint density at radius 3 is 2.34 bits per heavy atom. The molecule has 0 aromatic heterocycles. The summed E-state index contributed by atoms with van der Waals surface area (Å²) in [5.74, 6) is 0.274. The maximum atomic E-state index is 12.5. The number of nitrogens with one attached hydrogen (secondary N) is 3. The van der Waals surface area contributed by atoms with Gasteiger partial charge in [0.2, 0.25) is 5.91 Å². The van der Waals surface area contributed by atoms with Crippen molar-refractivity contribution in [1.29, 1.82) is 0 Å². The number of carbonyl (C=O) groups is 3. The summed E-state index contributed by atoms with van der Waals surface area (Å²) in [5.41, 5.74) is 1.40. The van der Waals surface area contributed by atoms with Gasteiger partial charge in [-0.15, -0.1) is 0 Å². The molecule has 0 fully saturated rings. The fourth-order valence-corrected chi connectivity index (χ4v) is 2.71. The average Bonchev–Trinajstić information content (AvgIpc) is 2.72. The zero-order valence-corrected chi connectivity index (χ0v) is 19.0. The Labute approximate surface area is 188 Å². The first-order valence-electron chi connectivity index (χ1n) is 10.5. The molecule has 0 aliphatic heterocycles. The SMILES string of the molecule is CCOc1ccc(C(=O)Nc2cccc(CNC(=O)CCNC(=O)OC(C)(C)C)c2)cc1. The van der Waals surface area contributed by atoms with Gasteiger partial charge in [-0.3, -0.25) is 9.59 Å². The van der Waals surface area contributed by atoms with Crippen LogP contribution >= 0.6 is 0 Å². The van der Waals surface area contributed by atoms with E-state index in [4.69, 9.17) is 9.47 Å². The van der Waals surface area contributed by atoms with E-state index in [1.807, 2.05) is 13.0 Å². The maximum Gasteiger partial charge on any atom is 0.407 e. The first kappa shape index (κ1) is 24.7. The number of rotatable bonds is 9. The number of benzene rings is 2. The second-order valence-corrected chi connectivity index (χ2v) is 8.07. The van der Waals surface area contributed by atoms with Gasteiger partial charge in [-0.05, 0) is 69.7 Å². The van der Waals surface area contributed by atoms with Crippen LogP contribution in [0.25, 0.3) is 0 Å². The lowest BCUT2D eigenvalue weighted by atomic mass is 10.1. The maximum absolute atomic E-state index is 12.5. The Bertz CT molecular complexity index is 920. The van der Waals surface area contributed by atoms with Crippen molar-refractivity contribution in [2.75, 3.05) is 18.5 Å². The molecule has 0 spiro atoms. The molecule has 0 unspecified atom stereocenters. The van der Waals surface area contributed by atoms with Gasteiger partial charge in [-0.2, -0.15) is 0 Å². The highest BCUT2D eigenvalue weighted by Crippen LogP contribution is 2.15. The van der Waals surface area contributed by atoms with Gasteiger partial charge in [0.1, 0.15) is 11.4 Å². The molecule has 2 aromatic rings. The monoisotopic (exact) mass is 441 g/mol. The highest BCUT2D eigenvalue weighted by Gasteiger charge is 2.15. The Morgan fingerprint density at radius 2 is 1.69 bits per heavy atom. The molecule has 2 aromatic carbocycles. The number of alkyl carbamates (subject to hydrolysis) is 1. The zero-order chi connectivity index (χ0) is 23.6. The number of carbonyl (C=O) groups excluding carboxylic acids is 3. The van der Waals surface area contributed by atoms with Crippen molar-refractivity contribution in [2.45, 2.75) is 46.3 Å². The van der Waals surface area contributed by atoms with Crippen molar-refractivity contribution >= 4 is 23.6 Å². The third-order valence-corrected chi connectivity index (χ3v) is 4.12. The summed E-state index contributed by atoms with van der Waals surface area (Å²) in [6.45, 7) is 8.26. The van der Waals surface area contributed by atoms with Gasteiger partial charge in [0.15, 0.2) is 0 Å². The van der Waals surface area contributed by atoms with E-state index in [0.717, 1.165) is 5.56 Å². The van der Waals surface area contributed by atoms with E-state index < -0.39 is 11.7 Å². The van der Waals surface area contributed by atoms with Crippen molar-refractivity contribution in [3.8, 4) is 5.75 Å². The Morgan fingerprint density at radius 1 is 0.969 bits per heavy atom. The predicted octanol–water partition coefficient (Wildman–Crippen LogP) is 3.87. The molecule has 0 saturated carbocycles. The molecule has 0 radical (unpaired) electrons. The minimum absolute atomic E-state index is 0.132. The van der Waals surface area contributed by atoms with Crippen LogP contribution in [0.1, 0.15) is 50.0 Å². The first-order chi connectivity index (χ1) is 15.2. The van der Waals surface area contributed by atoms with E-state index in [1.54, 1.807) is 63.2 Å². The lowest BCUT2D eigenvalue weighted by molar-refractivity contribution is -0.121. The first-order valence-corrected chi connectivity index (χ1v) is 10.5. The molecule has 8 nitrogen and oxygen atoms in total. The number of hydrogen-bond donors (Lipinski definition) is 3. The van der Waals surface area contributed by atoms with Crippen molar-refractivity contribution in [2.24, 2.45) is 0 Å². The quantitative estimate of drug-likeness (QED) is 0.548. The van der Waals surface area contributed by atoms with Crippen LogP contribution in [0.3, 0.4) is 0 Å². The van der Waals surface area contributed by atoms with Crippen molar-refractivity contribution in [1.82, 2.24) is 10.6 Å². The minimum Gasteiger partial charge on any atom is -0.494 e. The van der Waals surface area contributed by atoms with E-state index in [1.165, 1.54) is 0 Å². The van der Waals surface area contributed by atoms with Gasteiger partial charge in [0.25, 0.3) is 5.91 Å².